The second-order valence-electron chi connectivity index (χ2n) is 3.84. The molecule has 3 N–H and O–H groups in total. The van der Waals surface area contributed by atoms with Crippen LogP contribution in [-0.2, 0) is 14.8 Å². The quantitative estimate of drug-likeness (QED) is 0.672. The molecule has 0 saturated heterocycles. The molecule has 112 valence electrons. The number of benzene rings is 1. The standard InChI is InChI=1S/C11H14ClNO6S/c1-19-10-3-2-7(6-8(10)12)20(17,18)13-5-4-9(14)11(15)16/h2-3,6,9,13-14H,4-5H2,1H3,(H,15,16). The van der Waals surface area contributed by atoms with Crippen molar-refractivity contribution >= 4 is 27.6 Å². The molecule has 1 atom stereocenters. The molecule has 0 amide bonds. The van der Waals surface area contributed by atoms with E-state index in [1.165, 1.54) is 25.3 Å². The maximum atomic E-state index is 11.9. The number of aliphatic carboxylic acids is 1. The highest BCUT2D eigenvalue weighted by molar-refractivity contribution is 7.89. The molecule has 0 fully saturated rings. The van der Waals surface area contributed by atoms with E-state index in [0.717, 1.165) is 0 Å². The Hall–Kier alpha value is -1.35. The summed E-state index contributed by atoms with van der Waals surface area (Å²) in [6.07, 6.45) is -1.85. The van der Waals surface area contributed by atoms with Crippen molar-refractivity contribution in [2.45, 2.75) is 17.4 Å². The number of ether oxygens (including phenoxy) is 1. The fourth-order valence-electron chi connectivity index (χ4n) is 1.35. The molecular formula is C11H14ClNO6S. The minimum absolute atomic E-state index is 0.0758. The van der Waals surface area contributed by atoms with Gasteiger partial charge in [-0.15, -0.1) is 0 Å². The van der Waals surface area contributed by atoms with Crippen LogP contribution in [-0.4, -0.2) is 44.4 Å². The van der Waals surface area contributed by atoms with Crippen molar-refractivity contribution in [3.63, 3.8) is 0 Å². The van der Waals surface area contributed by atoms with Gasteiger partial charge in [-0.2, -0.15) is 0 Å². The van der Waals surface area contributed by atoms with Gasteiger partial charge in [0.1, 0.15) is 5.75 Å². The molecule has 9 heteroatoms. The summed E-state index contributed by atoms with van der Waals surface area (Å²) in [4.78, 5) is 10.3. The average Bonchev–Trinajstić information content (AvgIpc) is 2.38. The summed E-state index contributed by atoms with van der Waals surface area (Å²) >= 11 is 5.83. The van der Waals surface area contributed by atoms with Gasteiger partial charge < -0.3 is 14.9 Å². The summed E-state index contributed by atoms with van der Waals surface area (Å²) in [6, 6.07) is 3.93. The van der Waals surface area contributed by atoms with Gasteiger partial charge >= 0.3 is 5.97 Å². The molecule has 1 aromatic rings. The number of aliphatic hydroxyl groups excluding tert-OH is 1. The molecule has 1 rings (SSSR count). The molecule has 1 unspecified atom stereocenters. The Morgan fingerprint density at radius 3 is 2.65 bits per heavy atom. The molecule has 0 aliphatic heterocycles. The van der Waals surface area contributed by atoms with Gasteiger partial charge in [0.25, 0.3) is 0 Å². The Morgan fingerprint density at radius 2 is 2.15 bits per heavy atom. The van der Waals surface area contributed by atoms with E-state index >= 15 is 0 Å². The van der Waals surface area contributed by atoms with E-state index in [9.17, 15) is 13.2 Å². The molecule has 0 bridgehead atoms. The minimum Gasteiger partial charge on any atom is -0.495 e. The van der Waals surface area contributed by atoms with E-state index in [2.05, 4.69) is 4.72 Å². The van der Waals surface area contributed by atoms with Crippen LogP contribution in [0.4, 0.5) is 0 Å². The number of rotatable bonds is 7. The lowest BCUT2D eigenvalue weighted by Gasteiger charge is -2.10. The van der Waals surface area contributed by atoms with Crippen LogP contribution in [0, 0.1) is 0 Å². The van der Waals surface area contributed by atoms with Crippen molar-refractivity contribution in [2.24, 2.45) is 0 Å². The van der Waals surface area contributed by atoms with Crippen LogP contribution < -0.4 is 9.46 Å². The number of carboxylic acids is 1. The maximum absolute atomic E-state index is 11.9. The molecule has 0 aliphatic carbocycles. The normalized spacial score (nSPS) is 12.9. The second-order valence-corrected chi connectivity index (χ2v) is 6.01. The van der Waals surface area contributed by atoms with Crippen LogP contribution in [0.15, 0.2) is 23.1 Å². The van der Waals surface area contributed by atoms with Gasteiger partial charge in [0.05, 0.1) is 17.0 Å². The van der Waals surface area contributed by atoms with E-state index in [0.29, 0.717) is 5.75 Å². The van der Waals surface area contributed by atoms with E-state index in [1.54, 1.807) is 0 Å². The van der Waals surface area contributed by atoms with Gasteiger partial charge in [-0.05, 0) is 24.6 Å². The van der Waals surface area contributed by atoms with Crippen LogP contribution in [0.5, 0.6) is 5.75 Å². The van der Waals surface area contributed by atoms with E-state index in [-0.39, 0.29) is 22.9 Å². The fourth-order valence-corrected chi connectivity index (χ4v) is 2.75. The largest absolute Gasteiger partial charge is 0.495 e. The number of hydrogen-bond donors (Lipinski definition) is 3. The maximum Gasteiger partial charge on any atom is 0.332 e. The highest BCUT2D eigenvalue weighted by Gasteiger charge is 2.18. The van der Waals surface area contributed by atoms with Gasteiger partial charge in [0, 0.05) is 6.54 Å². The third-order valence-electron chi connectivity index (χ3n) is 2.43. The van der Waals surface area contributed by atoms with Crippen molar-refractivity contribution < 1.29 is 28.2 Å². The van der Waals surface area contributed by atoms with Crippen molar-refractivity contribution in [1.29, 1.82) is 0 Å². The van der Waals surface area contributed by atoms with E-state index in [1.807, 2.05) is 0 Å². The lowest BCUT2D eigenvalue weighted by Crippen LogP contribution is -2.30. The second kappa shape index (κ2) is 6.89. The molecule has 0 spiro atoms. The Kier molecular flexibility index (Phi) is 5.75. The topological polar surface area (TPSA) is 113 Å². The van der Waals surface area contributed by atoms with Crippen LogP contribution >= 0.6 is 11.6 Å². The van der Waals surface area contributed by atoms with Crippen molar-refractivity contribution in [2.75, 3.05) is 13.7 Å². The first-order chi connectivity index (χ1) is 9.27. The number of sulfonamides is 1. The lowest BCUT2D eigenvalue weighted by molar-refractivity contribution is -0.146. The van der Waals surface area contributed by atoms with Gasteiger partial charge in [-0.3, -0.25) is 0 Å². The van der Waals surface area contributed by atoms with Crippen LogP contribution in [0.1, 0.15) is 6.42 Å². The van der Waals surface area contributed by atoms with E-state index in [4.69, 9.17) is 26.6 Å². The van der Waals surface area contributed by atoms with Crippen LogP contribution in [0.3, 0.4) is 0 Å². The summed E-state index contributed by atoms with van der Waals surface area (Å²) in [6.45, 7) is -0.209. The zero-order valence-corrected chi connectivity index (χ0v) is 12.1. The Labute approximate surface area is 121 Å². The first kappa shape index (κ1) is 16.7. The summed E-state index contributed by atoms with van der Waals surface area (Å²) in [5.74, 6) is -1.07. The zero-order chi connectivity index (χ0) is 15.3. The number of nitrogens with one attached hydrogen (secondary N) is 1. The molecule has 7 nitrogen and oxygen atoms in total. The van der Waals surface area contributed by atoms with Gasteiger partial charge in [0.2, 0.25) is 10.0 Å². The summed E-state index contributed by atoms with van der Waals surface area (Å²) < 4.78 is 30.9. The molecule has 20 heavy (non-hydrogen) atoms. The summed E-state index contributed by atoms with van der Waals surface area (Å²) in [7, 11) is -2.42. The smallest absolute Gasteiger partial charge is 0.332 e. The Balaban J connectivity index is 2.74. The zero-order valence-electron chi connectivity index (χ0n) is 10.5. The summed E-state index contributed by atoms with van der Waals surface area (Å²) in [5.41, 5.74) is 0. The van der Waals surface area contributed by atoms with Gasteiger partial charge in [-0.25, -0.2) is 17.9 Å². The average molecular weight is 324 g/mol. The first-order valence-corrected chi connectivity index (χ1v) is 7.38. The molecule has 0 aromatic heterocycles. The predicted octanol–water partition coefficient (Wildman–Crippen LogP) is 0.462. The number of hydrogen-bond acceptors (Lipinski definition) is 5. The molecule has 0 saturated carbocycles. The molecule has 0 radical (unpaired) electrons. The highest BCUT2D eigenvalue weighted by atomic mass is 35.5. The molecular weight excluding hydrogens is 310 g/mol. The van der Waals surface area contributed by atoms with E-state index < -0.39 is 22.1 Å². The number of carboxylic acid groups (broad SMARTS) is 1. The van der Waals surface area contributed by atoms with Gasteiger partial charge in [0.15, 0.2) is 6.10 Å². The van der Waals surface area contributed by atoms with Crippen molar-refractivity contribution in [3.8, 4) is 5.75 Å². The number of carbonyl (C=O) groups is 1. The summed E-state index contributed by atoms with van der Waals surface area (Å²) in [5, 5.41) is 17.6. The monoisotopic (exact) mass is 323 g/mol. The number of methoxy groups -OCH3 is 1. The third kappa shape index (κ3) is 4.34. The molecule has 1 aromatic carbocycles. The van der Waals surface area contributed by atoms with Crippen LogP contribution in [0.2, 0.25) is 5.02 Å². The lowest BCUT2D eigenvalue weighted by atomic mass is 10.3. The molecule has 0 aliphatic rings. The van der Waals surface area contributed by atoms with Crippen LogP contribution in [0.25, 0.3) is 0 Å². The number of aliphatic hydroxyl groups is 1. The first-order valence-electron chi connectivity index (χ1n) is 5.52. The van der Waals surface area contributed by atoms with Gasteiger partial charge in [-0.1, -0.05) is 11.6 Å². The number of halogens is 1. The predicted molar refractivity (Wildman–Crippen MR) is 71.5 cm³/mol. The van der Waals surface area contributed by atoms with Crippen molar-refractivity contribution in [1.82, 2.24) is 4.72 Å². The SMILES string of the molecule is COc1ccc(S(=O)(=O)NCCC(O)C(=O)O)cc1Cl. The van der Waals surface area contributed by atoms with Crippen molar-refractivity contribution in [3.05, 3.63) is 23.2 Å². The Morgan fingerprint density at radius 1 is 1.50 bits per heavy atom. The highest BCUT2D eigenvalue weighted by Crippen LogP contribution is 2.26. The molecule has 0 heterocycles. The fraction of sp³-hybridized carbons (Fsp3) is 0.364. The Bertz CT molecular complexity index is 589. The third-order valence-corrected chi connectivity index (χ3v) is 4.18. The minimum atomic E-state index is -3.82.